The van der Waals surface area contributed by atoms with Gasteiger partial charge in [0.2, 0.25) is 23.5 Å². The van der Waals surface area contributed by atoms with Crippen molar-refractivity contribution in [2.24, 2.45) is 0 Å². The first-order valence-electron chi connectivity index (χ1n) is 10.5. The molecule has 0 saturated heterocycles. The lowest BCUT2D eigenvalue weighted by Crippen LogP contribution is -2.20. The topological polar surface area (TPSA) is 178 Å². The molecule has 2 heterocycles. The molecule has 1 aliphatic rings. The minimum atomic E-state index is -4.45. The van der Waals surface area contributed by atoms with E-state index >= 15 is 0 Å². The maximum Gasteiger partial charge on any atom is 0.357 e. The highest BCUT2D eigenvalue weighted by Gasteiger charge is 2.37. The quantitative estimate of drug-likeness (QED) is 0.187. The molecule has 200 valence electrons. The first kappa shape index (κ1) is 26.8. The fourth-order valence-electron chi connectivity index (χ4n) is 3.95. The molecule has 0 unspecified atom stereocenters. The Hall–Kier alpha value is -2.84. The van der Waals surface area contributed by atoms with Gasteiger partial charge >= 0.3 is 20.2 Å². The largest absolute Gasteiger partial charge is 0.492 e. The summed E-state index contributed by atoms with van der Waals surface area (Å²) in [6.07, 6.45) is -0.632. The van der Waals surface area contributed by atoms with Crippen molar-refractivity contribution < 1.29 is 45.8 Å². The van der Waals surface area contributed by atoms with Crippen molar-refractivity contribution in [3.05, 3.63) is 77.9 Å². The van der Waals surface area contributed by atoms with E-state index in [9.17, 15) is 37.3 Å². The average Bonchev–Trinajstić information content (AvgIpc) is 3.23. The van der Waals surface area contributed by atoms with Crippen molar-refractivity contribution in [2.75, 3.05) is 0 Å². The second-order valence-electron chi connectivity index (χ2n) is 8.12. The molecule has 5 rings (SSSR count). The van der Waals surface area contributed by atoms with Crippen LogP contribution >= 0.6 is 45.2 Å². The fraction of sp³-hybridized carbons (Fsp3) is 0.0909. The molecular weight excluding hydrogens is 770 g/mol. The Morgan fingerprint density at radius 3 is 1.08 bits per heavy atom. The molecule has 12 nitrogen and oxygen atoms in total. The third-order valence-corrected chi connectivity index (χ3v) is 9.66. The van der Waals surface area contributed by atoms with Crippen LogP contribution in [0.15, 0.2) is 58.3 Å². The predicted octanol–water partition coefficient (Wildman–Crippen LogP) is 2.45. The molecule has 0 bridgehead atoms. The van der Waals surface area contributed by atoms with Crippen LogP contribution in [0.1, 0.15) is 22.3 Å². The van der Waals surface area contributed by atoms with Crippen LogP contribution in [0.2, 0.25) is 0 Å². The first-order chi connectivity index (χ1) is 17.8. The molecule has 0 aliphatic heterocycles. The maximum absolute atomic E-state index is 12.7. The van der Waals surface area contributed by atoms with Crippen molar-refractivity contribution in [2.45, 2.75) is 22.6 Å². The molecule has 4 aromatic rings. The minimum absolute atomic E-state index is 0.000696. The third kappa shape index (κ3) is 4.51. The SMILES string of the molecule is O=S(=O)(On1c(O)c2c(c1O)Cc1c(c(O)n(OS(=O)(=O)c3ccc(I)cc3)c1O)C2)c1ccc(I)cc1. The third-order valence-electron chi connectivity index (χ3n) is 5.83. The lowest BCUT2D eigenvalue weighted by Gasteiger charge is -2.11. The molecule has 0 amide bonds. The van der Waals surface area contributed by atoms with Crippen LogP contribution in [0.4, 0.5) is 0 Å². The van der Waals surface area contributed by atoms with Gasteiger partial charge in [-0.1, -0.05) is 9.46 Å². The van der Waals surface area contributed by atoms with Crippen molar-refractivity contribution in [3.63, 3.8) is 0 Å². The van der Waals surface area contributed by atoms with Gasteiger partial charge in [0.1, 0.15) is 9.79 Å². The Kier molecular flexibility index (Phi) is 6.63. The summed E-state index contributed by atoms with van der Waals surface area (Å²) in [5.41, 5.74) is 0.00278. The highest BCUT2D eigenvalue weighted by molar-refractivity contribution is 14.1. The molecule has 1 aliphatic carbocycles. The number of aromatic hydroxyl groups is 4. The summed E-state index contributed by atoms with van der Waals surface area (Å²) in [6, 6.07) is 11.3. The summed E-state index contributed by atoms with van der Waals surface area (Å²) in [6.45, 7) is 0. The number of halogens is 2. The number of hydrogen-bond acceptors (Lipinski definition) is 10. The monoisotopic (exact) mass is 786 g/mol. The number of nitrogens with zero attached hydrogens (tertiary/aromatic N) is 2. The summed E-state index contributed by atoms with van der Waals surface area (Å²) in [5.74, 6) is -3.01. The normalized spacial score (nSPS) is 13.1. The standard InChI is InChI=1S/C22H16I2N2O10S2/c23-11-1-5-13(6-2-11)37(31,32)35-25-19(27)15-9-17-18(10-16(15)20(25)28)22(30)26(21(17)29)36-38(33,34)14-7-3-12(24)4-8-14/h1-8,27-30H,9-10H2. The summed E-state index contributed by atoms with van der Waals surface area (Å²) in [5, 5.41) is 42.8. The van der Waals surface area contributed by atoms with Crippen LogP contribution in [-0.2, 0) is 33.1 Å². The summed E-state index contributed by atoms with van der Waals surface area (Å²) in [4.78, 5) is -0.439. The van der Waals surface area contributed by atoms with Crippen molar-refractivity contribution in [3.8, 4) is 23.5 Å². The van der Waals surface area contributed by atoms with E-state index in [1.807, 2.05) is 45.2 Å². The molecule has 2 aromatic carbocycles. The fourth-order valence-corrected chi connectivity index (χ4v) is 6.46. The Labute approximate surface area is 243 Å². The summed E-state index contributed by atoms with van der Waals surface area (Å²) >= 11 is 3.99. The number of fused-ring (bicyclic) bond motifs is 2. The van der Waals surface area contributed by atoms with Crippen LogP contribution in [0, 0.1) is 7.14 Å². The lowest BCUT2D eigenvalue weighted by atomic mass is 9.90. The zero-order valence-corrected chi connectivity index (χ0v) is 24.7. The smallest absolute Gasteiger partial charge is 0.357 e. The first-order valence-corrected chi connectivity index (χ1v) is 15.5. The number of hydrogen-bond donors (Lipinski definition) is 4. The van der Waals surface area contributed by atoms with Gasteiger partial charge in [0.15, 0.2) is 0 Å². The van der Waals surface area contributed by atoms with E-state index < -0.39 is 43.8 Å². The van der Waals surface area contributed by atoms with Gasteiger partial charge in [0.05, 0.1) is 0 Å². The van der Waals surface area contributed by atoms with Crippen molar-refractivity contribution >= 4 is 65.4 Å². The molecule has 0 radical (unpaired) electrons. The highest BCUT2D eigenvalue weighted by Crippen LogP contribution is 2.46. The lowest BCUT2D eigenvalue weighted by molar-refractivity contribution is 0.200. The van der Waals surface area contributed by atoms with Gasteiger partial charge in [-0.25, -0.2) is 0 Å². The van der Waals surface area contributed by atoms with Crippen molar-refractivity contribution in [1.29, 1.82) is 0 Å². The van der Waals surface area contributed by atoms with Gasteiger partial charge in [-0.2, -0.15) is 16.8 Å². The highest BCUT2D eigenvalue weighted by atomic mass is 127. The Balaban J connectivity index is 1.48. The molecule has 0 atom stereocenters. The maximum atomic E-state index is 12.7. The van der Waals surface area contributed by atoms with Gasteiger partial charge in [-0.3, -0.25) is 8.57 Å². The van der Waals surface area contributed by atoms with Gasteiger partial charge in [-0.15, -0.1) is 0 Å². The van der Waals surface area contributed by atoms with Crippen molar-refractivity contribution in [1.82, 2.24) is 9.46 Å². The molecule has 0 spiro atoms. The average molecular weight is 786 g/mol. The predicted molar refractivity (Wildman–Crippen MR) is 147 cm³/mol. The molecule has 2 aromatic heterocycles. The molecular formula is C22H16I2N2O10S2. The molecule has 38 heavy (non-hydrogen) atoms. The zero-order valence-electron chi connectivity index (χ0n) is 18.7. The summed E-state index contributed by atoms with van der Waals surface area (Å²) < 4.78 is 63.0. The van der Waals surface area contributed by atoms with Gasteiger partial charge < -0.3 is 20.4 Å². The van der Waals surface area contributed by atoms with E-state index in [1.165, 1.54) is 48.5 Å². The van der Waals surface area contributed by atoms with Crippen LogP contribution in [0.5, 0.6) is 23.5 Å². The second-order valence-corrected chi connectivity index (χ2v) is 13.7. The van der Waals surface area contributed by atoms with Crippen LogP contribution in [0.3, 0.4) is 0 Å². The molecule has 0 saturated carbocycles. The number of aromatic nitrogens is 2. The van der Waals surface area contributed by atoms with Crippen LogP contribution in [0.25, 0.3) is 0 Å². The zero-order chi connectivity index (χ0) is 27.6. The van der Waals surface area contributed by atoms with Gasteiger partial charge in [0, 0.05) is 42.2 Å². The molecule has 0 fully saturated rings. The van der Waals surface area contributed by atoms with E-state index in [2.05, 4.69) is 0 Å². The Morgan fingerprint density at radius 1 is 0.553 bits per heavy atom. The van der Waals surface area contributed by atoms with E-state index in [4.69, 9.17) is 8.57 Å². The van der Waals surface area contributed by atoms with E-state index in [-0.39, 0.29) is 44.9 Å². The second kappa shape index (κ2) is 9.42. The van der Waals surface area contributed by atoms with E-state index in [0.29, 0.717) is 9.46 Å². The Morgan fingerprint density at radius 2 is 0.816 bits per heavy atom. The van der Waals surface area contributed by atoms with Crippen LogP contribution < -0.4 is 8.57 Å². The number of rotatable bonds is 6. The van der Waals surface area contributed by atoms with Crippen LogP contribution in [-0.4, -0.2) is 46.7 Å². The van der Waals surface area contributed by atoms with Gasteiger partial charge in [0.25, 0.3) is 0 Å². The van der Waals surface area contributed by atoms with Gasteiger partial charge in [-0.05, 0) is 93.7 Å². The molecule has 4 N–H and O–H groups in total. The van der Waals surface area contributed by atoms with E-state index in [0.717, 1.165) is 7.14 Å². The minimum Gasteiger partial charge on any atom is -0.492 e. The number of benzene rings is 2. The summed E-state index contributed by atoms with van der Waals surface area (Å²) in [7, 11) is -8.90. The Bertz CT molecular complexity index is 1610. The molecule has 16 heteroatoms. The van der Waals surface area contributed by atoms with E-state index in [1.54, 1.807) is 0 Å².